The Kier molecular flexibility index (Phi) is 5.74. The second-order valence-electron chi connectivity index (χ2n) is 10.1. The third-order valence-corrected chi connectivity index (χ3v) is 7.60. The van der Waals surface area contributed by atoms with Crippen LogP contribution in [0.3, 0.4) is 0 Å². The topological polar surface area (TPSA) is 74.9 Å². The molecule has 0 bridgehead atoms. The highest BCUT2D eigenvalue weighted by Crippen LogP contribution is 2.50. The molecule has 1 aromatic heterocycles. The number of hydrogen-bond donors (Lipinski definition) is 1. The van der Waals surface area contributed by atoms with Crippen LogP contribution < -0.4 is 9.47 Å². The predicted octanol–water partition coefficient (Wildman–Crippen LogP) is 4.26. The number of methoxy groups -OCH3 is 2. The van der Waals surface area contributed by atoms with E-state index >= 15 is 0 Å². The fourth-order valence-electron chi connectivity index (χ4n) is 5.74. The van der Waals surface area contributed by atoms with Crippen molar-refractivity contribution < 1.29 is 19.1 Å². The molecule has 2 amide bonds. The number of nitrogens with zero attached hydrogens (tertiary/aromatic N) is 2. The molecule has 1 N–H and O–H groups in total. The molecule has 2 aromatic carbocycles. The van der Waals surface area contributed by atoms with Gasteiger partial charge >= 0.3 is 0 Å². The molecule has 1 fully saturated rings. The highest BCUT2D eigenvalue weighted by Gasteiger charge is 2.56. The Balaban J connectivity index is 1.72. The zero-order valence-corrected chi connectivity index (χ0v) is 21.1. The van der Waals surface area contributed by atoms with Crippen molar-refractivity contribution in [3.05, 3.63) is 59.3 Å². The zero-order valence-electron chi connectivity index (χ0n) is 21.1. The first-order valence-electron chi connectivity index (χ1n) is 12.2. The minimum atomic E-state index is -1.09. The van der Waals surface area contributed by atoms with Crippen LogP contribution >= 0.6 is 0 Å². The standard InChI is InChI=1S/C28H33N3O4/c1-17(2)13-14-30-16-23(32)31-15-20(18-10-8-12-22(34-4)25(18)35-5)24-19-9-6-7-11-21(19)29-26(24)28(31,3)27(30)33/h6-12,17,20,29H,13-16H2,1-5H3/t20-,28+/m1/s1. The van der Waals surface area contributed by atoms with Crippen molar-refractivity contribution in [1.29, 1.82) is 0 Å². The van der Waals surface area contributed by atoms with Crippen LogP contribution in [0.4, 0.5) is 0 Å². The van der Waals surface area contributed by atoms with Crippen molar-refractivity contribution in [1.82, 2.24) is 14.8 Å². The maximum atomic E-state index is 14.0. The number of hydrogen-bond acceptors (Lipinski definition) is 4. The third-order valence-electron chi connectivity index (χ3n) is 7.60. The normalized spacial score (nSPS) is 21.9. The Hall–Kier alpha value is -3.48. The average Bonchev–Trinajstić information content (AvgIpc) is 3.25. The molecular weight excluding hydrogens is 442 g/mol. The average molecular weight is 476 g/mol. The van der Waals surface area contributed by atoms with E-state index in [1.165, 1.54) is 0 Å². The molecule has 0 unspecified atom stereocenters. The highest BCUT2D eigenvalue weighted by molar-refractivity contribution is 6.01. The smallest absolute Gasteiger partial charge is 0.254 e. The minimum absolute atomic E-state index is 0.0263. The highest BCUT2D eigenvalue weighted by atomic mass is 16.5. The fourth-order valence-corrected chi connectivity index (χ4v) is 5.74. The summed E-state index contributed by atoms with van der Waals surface area (Å²) in [6.07, 6.45) is 0.859. The van der Waals surface area contributed by atoms with Gasteiger partial charge < -0.3 is 24.3 Å². The molecule has 35 heavy (non-hydrogen) atoms. The van der Waals surface area contributed by atoms with Crippen molar-refractivity contribution in [3.63, 3.8) is 0 Å². The van der Waals surface area contributed by atoms with Crippen LogP contribution in [0.5, 0.6) is 11.5 Å². The van der Waals surface area contributed by atoms with Gasteiger partial charge in [-0.05, 0) is 37.0 Å². The lowest BCUT2D eigenvalue weighted by Crippen LogP contribution is -2.67. The fraction of sp³-hybridized carbons (Fsp3) is 0.429. The molecule has 3 heterocycles. The monoisotopic (exact) mass is 475 g/mol. The van der Waals surface area contributed by atoms with Crippen LogP contribution in [0.2, 0.25) is 0 Å². The molecule has 3 aromatic rings. The number of rotatable bonds is 6. The lowest BCUT2D eigenvalue weighted by molar-refractivity contribution is -0.166. The van der Waals surface area contributed by atoms with E-state index in [1.54, 1.807) is 24.0 Å². The number of carbonyl (C=O) groups excluding carboxylic acids is 2. The summed E-state index contributed by atoms with van der Waals surface area (Å²) in [5.41, 5.74) is 2.61. The molecule has 7 nitrogen and oxygen atoms in total. The van der Waals surface area contributed by atoms with E-state index in [2.05, 4.69) is 24.9 Å². The van der Waals surface area contributed by atoms with Gasteiger partial charge in [0.05, 0.1) is 26.5 Å². The Labute approximate surface area is 206 Å². The number of aromatic amines is 1. The Morgan fingerprint density at radius 2 is 1.86 bits per heavy atom. The van der Waals surface area contributed by atoms with Crippen molar-refractivity contribution in [2.75, 3.05) is 33.9 Å². The minimum Gasteiger partial charge on any atom is -0.493 e. The van der Waals surface area contributed by atoms with Gasteiger partial charge in [0.2, 0.25) is 5.91 Å². The molecule has 184 valence electrons. The van der Waals surface area contributed by atoms with Gasteiger partial charge in [-0.1, -0.05) is 44.2 Å². The van der Waals surface area contributed by atoms with Crippen LogP contribution in [0.1, 0.15) is 49.9 Å². The lowest BCUT2D eigenvalue weighted by atomic mass is 9.76. The molecule has 0 aliphatic carbocycles. The van der Waals surface area contributed by atoms with E-state index in [0.717, 1.165) is 34.1 Å². The number of amides is 2. The maximum absolute atomic E-state index is 14.0. The van der Waals surface area contributed by atoms with Crippen molar-refractivity contribution in [2.24, 2.45) is 5.92 Å². The first kappa shape index (κ1) is 23.3. The Morgan fingerprint density at radius 1 is 1.09 bits per heavy atom. The van der Waals surface area contributed by atoms with Gasteiger partial charge in [-0.25, -0.2) is 0 Å². The predicted molar refractivity (Wildman–Crippen MR) is 135 cm³/mol. The van der Waals surface area contributed by atoms with Crippen molar-refractivity contribution in [3.8, 4) is 11.5 Å². The number of benzene rings is 2. The van der Waals surface area contributed by atoms with Crippen LogP contribution in [0.25, 0.3) is 10.9 Å². The first-order chi connectivity index (χ1) is 16.8. The molecule has 2 aliphatic rings. The number of H-pyrrole nitrogens is 1. The summed E-state index contributed by atoms with van der Waals surface area (Å²) in [7, 11) is 3.25. The molecular formula is C28H33N3O4. The molecule has 5 rings (SSSR count). The summed E-state index contributed by atoms with van der Waals surface area (Å²) in [6.45, 7) is 7.23. The number of ether oxygens (including phenoxy) is 2. The first-order valence-corrected chi connectivity index (χ1v) is 12.2. The third kappa shape index (κ3) is 3.48. The number of para-hydroxylation sites is 2. The number of piperazine rings is 1. The van der Waals surface area contributed by atoms with Crippen molar-refractivity contribution in [2.45, 2.75) is 38.6 Å². The number of carbonyl (C=O) groups is 2. The van der Waals surface area contributed by atoms with Gasteiger partial charge in [0.15, 0.2) is 17.0 Å². The quantitative estimate of drug-likeness (QED) is 0.578. The molecule has 2 aliphatic heterocycles. The molecule has 1 saturated heterocycles. The summed E-state index contributed by atoms with van der Waals surface area (Å²) in [4.78, 5) is 34.6. The Morgan fingerprint density at radius 3 is 2.57 bits per heavy atom. The second kappa shape index (κ2) is 8.63. The SMILES string of the molecule is COc1cccc([C@H]2CN3C(=O)CN(CCC(C)C)C(=O)[C@]3(C)c3[nH]c4ccccc4c32)c1OC. The molecule has 2 atom stereocenters. The van der Waals surface area contributed by atoms with Crippen LogP contribution in [-0.2, 0) is 15.1 Å². The van der Waals surface area contributed by atoms with Crippen LogP contribution in [0, 0.1) is 5.92 Å². The summed E-state index contributed by atoms with van der Waals surface area (Å²) in [5.74, 6) is 1.49. The summed E-state index contributed by atoms with van der Waals surface area (Å²) in [6, 6.07) is 13.9. The van der Waals surface area contributed by atoms with Crippen molar-refractivity contribution >= 4 is 22.7 Å². The van der Waals surface area contributed by atoms with Gasteiger partial charge in [0.25, 0.3) is 5.91 Å². The molecule has 0 radical (unpaired) electrons. The van der Waals surface area contributed by atoms with E-state index in [0.29, 0.717) is 30.5 Å². The van der Waals surface area contributed by atoms with E-state index in [-0.39, 0.29) is 24.3 Å². The maximum Gasteiger partial charge on any atom is 0.254 e. The molecule has 0 saturated carbocycles. The van der Waals surface area contributed by atoms with Crippen LogP contribution in [0.15, 0.2) is 42.5 Å². The summed E-state index contributed by atoms with van der Waals surface area (Å²) in [5, 5.41) is 1.05. The summed E-state index contributed by atoms with van der Waals surface area (Å²) < 4.78 is 11.4. The molecule has 0 spiro atoms. The van der Waals surface area contributed by atoms with Gasteiger partial charge in [-0.2, -0.15) is 0 Å². The summed E-state index contributed by atoms with van der Waals surface area (Å²) >= 11 is 0. The number of aromatic nitrogens is 1. The van der Waals surface area contributed by atoms with E-state index in [9.17, 15) is 9.59 Å². The van der Waals surface area contributed by atoms with Gasteiger partial charge in [0.1, 0.15) is 0 Å². The number of fused-ring (bicyclic) bond motifs is 5. The second-order valence-corrected chi connectivity index (χ2v) is 10.1. The van der Waals surface area contributed by atoms with Crippen LogP contribution in [-0.4, -0.2) is 60.5 Å². The lowest BCUT2D eigenvalue weighted by Gasteiger charge is -2.51. The van der Waals surface area contributed by atoms with E-state index in [4.69, 9.17) is 9.47 Å². The van der Waals surface area contributed by atoms with Gasteiger partial charge in [0, 0.05) is 35.5 Å². The van der Waals surface area contributed by atoms with E-state index in [1.807, 2.05) is 43.3 Å². The van der Waals surface area contributed by atoms with Gasteiger partial charge in [-0.15, -0.1) is 0 Å². The molecule has 7 heteroatoms. The number of nitrogens with one attached hydrogen (secondary N) is 1. The Bertz CT molecular complexity index is 1300. The zero-order chi connectivity index (χ0) is 24.9. The van der Waals surface area contributed by atoms with E-state index < -0.39 is 5.54 Å². The largest absolute Gasteiger partial charge is 0.493 e. The van der Waals surface area contributed by atoms with Gasteiger partial charge in [-0.3, -0.25) is 9.59 Å².